The van der Waals surface area contributed by atoms with E-state index in [0.717, 1.165) is 27.9 Å². The normalized spacial score (nSPS) is 17.0. The summed E-state index contributed by atoms with van der Waals surface area (Å²) < 4.78 is 6.63. The summed E-state index contributed by atoms with van der Waals surface area (Å²) in [5, 5.41) is 1.33. The second kappa shape index (κ2) is 9.63. The lowest BCUT2D eigenvalue weighted by atomic mass is 10.2. The number of amidine groups is 1. The molecule has 7 heteroatoms. The molecule has 2 aromatic carbocycles. The molecule has 1 heterocycles. The Balaban J connectivity index is 1.97. The van der Waals surface area contributed by atoms with E-state index in [9.17, 15) is 4.79 Å². The van der Waals surface area contributed by atoms with E-state index >= 15 is 0 Å². The summed E-state index contributed by atoms with van der Waals surface area (Å²) in [6.45, 7) is 5.16. The fourth-order valence-corrected chi connectivity index (χ4v) is 4.22. The zero-order valence-electron chi connectivity index (χ0n) is 15.6. The van der Waals surface area contributed by atoms with Crippen molar-refractivity contribution in [3.8, 4) is 5.75 Å². The van der Waals surface area contributed by atoms with Crippen LogP contribution in [0.3, 0.4) is 0 Å². The van der Waals surface area contributed by atoms with Gasteiger partial charge in [0.1, 0.15) is 5.75 Å². The first-order chi connectivity index (χ1) is 13.5. The molecular weight excluding hydrogens is 460 g/mol. The van der Waals surface area contributed by atoms with Gasteiger partial charge in [0.25, 0.3) is 5.91 Å². The second-order valence-corrected chi connectivity index (χ2v) is 8.41. The maximum atomic E-state index is 13.0. The first-order valence-electron chi connectivity index (χ1n) is 8.99. The van der Waals surface area contributed by atoms with Gasteiger partial charge in [0, 0.05) is 21.6 Å². The number of nitrogens with zero attached hydrogens (tertiary/aromatic N) is 2. The molecule has 1 fully saturated rings. The molecule has 0 spiro atoms. The molecule has 146 valence electrons. The fraction of sp³-hybridized carbons (Fsp3) is 0.238. The SMILES string of the molecule is CCCN1C(=O)/C(=C/c2cc(Br)ccc2OCC)SC1=Nc1ccc(Cl)cc1. The lowest BCUT2D eigenvalue weighted by Crippen LogP contribution is -2.29. The Bertz CT molecular complexity index is 929. The number of carbonyl (C=O) groups is 1. The Hall–Kier alpha value is -1.76. The van der Waals surface area contributed by atoms with Crippen molar-refractivity contribution >= 4 is 62.1 Å². The minimum absolute atomic E-state index is 0.0398. The topological polar surface area (TPSA) is 41.9 Å². The van der Waals surface area contributed by atoms with Crippen LogP contribution in [0.15, 0.2) is 56.8 Å². The highest BCUT2D eigenvalue weighted by molar-refractivity contribution is 9.10. The first kappa shape index (κ1) is 21.0. The smallest absolute Gasteiger partial charge is 0.266 e. The quantitative estimate of drug-likeness (QED) is 0.443. The van der Waals surface area contributed by atoms with Crippen molar-refractivity contribution in [1.82, 2.24) is 4.90 Å². The van der Waals surface area contributed by atoms with Gasteiger partial charge in [0.15, 0.2) is 5.17 Å². The number of carbonyl (C=O) groups excluding carboxylic acids is 1. The van der Waals surface area contributed by atoms with Gasteiger partial charge >= 0.3 is 0 Å². The summed E-state index contributed by atoms with van der Waals surface area (Å²) in [6, 6.07) is 13.0. The zero-order valence-corrected chi connectivity index (χ0v) is 18.8. The number of benzene rings is 2. The second-order valence-electron chi connectivity index (χ2n) is 6.05. The van der Waals surface area contributed by atoms with Crippen LogP contribution < -0.4 is 4.74 Å². The van der Waals surface area contributed by atoms with Crippen LogP contribution in [0.1, 0.15) is 25.8 Å². The Morgan fingerprint density at radius 3 is 2.64 bits per heavy atom. The summed E-state index contributed by atoms with van der Waals surface area (Å²) in [7, 11) is 0. The van der Waals surface area contributed by atoms with E-state index in [1.54, 1.807) is 17.0 Å². The predicted molar refractivity (Wildman–Crippen MR) is 121 cm³/mol. The van der Waals surface area contributed by atoms with Gasteiger partial charge in [-0.3, -0.25) is 9.69 Å². The van der Waals surface area contributed by atoms with Crippen molar-refractivity contribution in [3.63, 3.8) is 0 Å². The first-order valence-corrected chi connectivity index (χ1v) is 11.0. The van der Waals surface area contributed by atoms with E-state index in [-0.39, 0.29) is 5.91 Å². The molecule has 28 heavy (non-hydrogen) atoms. The number of rotatable bonds is 6. The molecular formula is C21H20BrClN2O2S. The highest BCUT2D eigenvalue weighted by atomic mass is 79.9. The van der Waals surface area contributed by atoms with Crippen LogP contribution in [0.4, 0.5) is 5.69 Å². The molecule has 2 aromatic rings. The molecule has 1 aliphatic rings. The third-order valence-electron chi connectivity index (χ3n) is 3.94. The molecule has 0 aliphatic carbocycles. The van der Waals surface area contributed by atoms with Gasteiger partial charge in [0.05, 0.1) is 17.2 Å². The van der Waals surface area contributed by atoms with Gasteiger partial charge in [-0.2, -0.15) is 0 Å². The Morgan fingerprint density at radius 1 is 1.21 bits per heavy atom. The minimum atomic E-state index is -0.0398. The maximum Gasteiger partial charge on any atom is 0.266 e. The fourth-order valence-electron chi connectivity index (χ4n) is 2.70. The molecule has 4 nitrogen and oxygen atoms in total. The van der Waals surface area contributed by atoms with E-state index < -0.39 is 0 Å². The number of hydrogen-bond donors (Lipinski definition) is 0. The predicted octanol–water partition coefficient (Wildman–Crippen LogP) is 6.52. The van der Waals surface area contributed by atoms with Gasteiger partial charge in [-0.25, -0.2) is 4.99 Å². The van der Waals surface area contributed by atoms with Crippen LogP contribution in [0.25, 0.3) is 6.08 Å². The Labute approximate surface area is 182 Å². The van der Waals surface area contributed by atoms with Crippen LogP contribution in [0.5, 0.6) is 5.75 Å². The van der Waals surface area contributed by atoms with E-state index in [1.807, 2.05) is 50.3 Å². The van der Waals surface area contributed by atoms with E-state index in [0.29, 0.717) is 28.2 Å². The lowest BCUT2D eigenvalue weighted by Gasteiger charge is -2.14. The zero-order chi connectivity index (χ0) is 20.1. The summed E-state index contributed by atoms with van der Waals surface area (Å²) in [6.07, 6.45) is 2.72. The van der Waals surface area contributed by atoms with Crippen molar-refractivity contribution in [2.75, 3.05) is 13.2 Å². The Morgan fingerprint density at radius 2 is 1.96 bits per heavy atom. The summed E-state index contributed by atoms with van der Waals surface area (Å²) in [4.78, 5) is 20.0. The van der Waals surface area contributed by atoms with Gasteiger partial charge in [-0.1, -0.05) is 34.5 Å². The monoisotopic (exact) mass is 478 g/mol. The molecule has 0 unspecified atom stereocenters. The van der Waals surface area contributed by atoms with Crippen LogP contribution >= 0.6 is 39.3 Å². The van der Waals surface area contributed by atoms with Crippen molar-refractivity contribution < 1.29 is 9.53 Å². The molecule has 1 amide bonds. The number of hydrogen-bond acceptors (Lipinski definition) is 4. The molecule has 1 saturated heterocycles. The molecule has 0 bridgehead atoms. The molecule has 1 aliphatic heterocycles. The number of thioether (sulfide) groups is 1. The highest BCUT2D eigenvalue weighted by Gasteiger charge is 2.33. The molecule has 3 rings (SSSR count). The van der Waals surface area contributed by atoms with Crippen molar-refractivity contribution in [1.29, 1.82) is 0 Å². The van der Waals surface area contributed by atoms with E-state index in [1.165, 1.54) is 11.8 Å². The van der Waals surface area contributed by atoms with E-state index in [4.69, 9.17) is 16.3 Å². The number of aliphatic imine (C=N–C) groups is 1. The summed E-state index contributed by atoms with van der Waals surface area (Å²) >= 11 is 10.8. The summed E-state index contributed by atoms with van der Waals surface area (Å²) in [5.74, 6) is 0.707. The average Bonchev–Trinajstić information content (AvgIpc) is 2.95. The standard InChI is InChI=1S/C21H20BrClN2O2S/c1-3-11-25-20(26)19(13-14-12-15(22)5-10-18(14)27-4-2)28-21(25)24-17-8-6-16(23)7-9-17/h5-10,12-13H,3-4,11H2,1-2H3/b19-13-,24-21?. The summed E-state index contributed by atoms with van der Waals surface area (Å²) in [5.41, 5.74) is 1.62. The molecule has 0 N–H and O–H groups in total. The number of halogens is 2. The van der Waals surface area contributed by atoms with Crippen molar-refractivity contribution in [2.24, 2.45) is 4.99 Å². The average molecular weight is 480 g/mol. The number of amides is 1. The van der Waals surface area contributed by atoms with Crippen LogP contribution in [-0.4, -0.2) is 29.1 Å². The van der Waals surface area contributed by atoms with Gasteiger partial charge in [0.2, 0.25) is 0 Å². The minimum Gasteiger partial charge on any atom is -0.493 e. The third-order valence-corrected chi connectivity index (χ3v) is 5.70. The molecule has 0 aromatic heterocycles. The van der Waals surface area contributed by atoms with Gasteiger partial charge < -0.3 is 4.74 Å². The van der Waals surface area contributed by atoms with E-state index in [2.05, 4.69) is 20.9 Å². The lowest BCUT2D eigenvalue weighted by molar-refractivity contribution is -0.122. The highest BCUT2D eigenvalue weighted by Crippen LogP contribution is 2.36. The van der Waals surface area contributed by atoms with Crippen LogP contribution in [0.2, 0.25) is 5.02 Å². The molecule has 0 radical (unpaired) electrons. The van der Waals surface area contributed by atoms with Gasteiger partial charge in [-0.15, -0.1) is 0 Å². The molecule has 0 atom stereocenters. The molecule has 0 saturated carbocycles. The van der Waals surface area contributed by atoms with Crippen LogP contribution in [-0.2, 0) is 4.79 Å². The van der Waals surface area contributed by atoms with Gasteiger partial charge in [-0.05, 0) is 73.6 Å². The van der Waals surface area contributed by atoms with Crippen LogP contribution in [0, 0.1) is 0 Å². The number of ether oxygens (including phenoxy) is 1. The van der Waals surface area contributed by atoms with Crippen molar-refractivity contribution in [3.05, 3.63) is 62.4 Å². The third kappa shape index (κ3) is 4.99. The Kier molecular flexibility index (Phi) is 7.21. The largest absolute Gasteiger partial charge is 0.493 e. The maximum absolute atomic E-state index is 13.0. The van der Waals surface area contributed by atoms with Crippen molar-refractivity contribution in [2.45, 2.75) is 20.3 Å².